The van der Waals surface area contributed by atoms with E-state index in [1.807, 2.05) is 6.92 Å². The van der Waals surface area contributed by atoms with E-state index in [9.17, 15) is 19.1 Å². The molecule has 2 heterocycles. The summed E-state index contributed by atoms with van der Waals surface area (Å²) in [5.74, 6) is -1.58. The first-order valence-electron chi connectivity index (χ1n) is 8.49. The van der Waals surface area contributed by atoms with Crippen molar-refractivity contribution in [2.45, 2.75) is 13.5 Å². The Bertz CT molecular complexity index is 1240. The highest BCUT2D eigenvalue weighted by Crippen LogP contribution is 2.35. The Morgan fingerprint density at radius 1 is 1.14 bits per heavy atom. The summed E-state index contributed by atoms with van der Waals surface area (Å²) in [5.41, 5.74) is 2.18. The summed E-state index contributed by atoms with van der Waals surface area (Å²) in [7, 11) is 0. The lowest BCUT2D eigenvalue weighted by Crippen LogP contribution is -2.22. The van der Waals surface area contributed by atoms with Crippen molar-refractivity contribution in [1.82, 2.24) is 9.55 Å². The molecule has 0 atom stereocenters. The Labute approximate surface area is 163 Å². The molecule has 0 bridgehead atoms. The third kappa shape index (κ3) is 3.20. The molecule has 0 N–H and O–H groups in total. The third-order valence-corrected chi connectivity index (χ3v) is 5.54. The van der Waals surface area contributed by atoms with Crippen LogP contribution in [0.25, 0.3) is 21.3 Å². The van der Waals surface area contributed by atoms with Crippen LogP contribution in [0.3, 0.4) is 0 Å². The number of thiophene rings is 1. The zero-order valence-corrected chi connectivity index (χ0v) is 15.6. The van der Waals surface area contributed by atoms with Gasteiger partial charge in [0, 0.05) is 10.4 Å². The fourth-order valence-corrected chi connectivity index (χ4v) is 4.16. The number of hydrogen-bond donors (Lipinski definition) is 0. The average Bonchev–Trinajstić information content (AvgIpc) is 3.02. The Balaban J connectivity index is 1.80. The number of aromatic nitrogens is 2. The van der Waals surface area contributed by atoms with E-state index in [4.69, 9.17) is 0 Å². The minimum Gasteiger partial charge on any atom is -0.545 e. The molecule has 0 fully saturated rings. The second-order valence-corrected chi connectivity index (χ2v) is 7.59. The van der Waals surface area contributed by atoms with Gasteiger partial charge in [0.05, 0.1) is 24.2 Å². The van der Waals surface area contributed by atoms with Gasteiger partial charge in [-0.05, 0) is 35.7 Å². The summed E-state index contributed by atoms with van der Waals surface area (Å²) in [6.45, 7) is 2.17. The van der Waals surface area contributed by atoms with Crippen molar-refractivity contribution in [2.75, 3.05) is 0 Å². The number of carbonyl (C=O) groups excluding carboxylic acids is 1. The maximum Gasteiger partial charge on any atom is 0.263 e. The lowest BCUT2D eigenvalue weighted by Gasteiger charge is -2.08. The molecule has 2 aromatic carbocycles. The minimum atomic E-state index is -1.25. The average molecular weight is 393 g/mol. The van der Waals surface area contributed by atoms with Gasteiger partial charge in [0.15, 0.2) is 0 Å². The van der Waals surface area contributed by atoms with Gasteiger partial charge in [-0.3, -0.25) is 9.36 Å². The quantitative estimate of drug-likeness (QED) is 0.534. The predicted molar refractivity (Wildman–Crippen MR) is 104 cm³/mol. The molecule has 4 aromatic rings. The van der Waals surface area contributed by atoms with Gasteiger partial charge in [-0.1, -0.05) is 36.4 Å². The first kappa shape index (κ1) is 18.1. The van der Waals surface area contributed by atoms with E-state index in [0.29, 0.717) is 10.2 Å². The number of aryl methyl sites for hydroxylation is 1. The third-order valence-electron chi connectivity index (χ3n) is 4.53. The van der Waals surface area contributed by atoms with Crippen LogP contribution < -0.4 is 10.7 Å². The topological polar surface area (TPSA) is 75.0 Å². The standard InChI is InChI=1S/C21H15FN2O3S/c1-12-17(14-6-8-16(22)9-7-14)18-19(28-12)23-11-24(20(18)25)10-13-2-4-15(5-3-13)21(26)27/h2-9,11H,10H2,1H3,(H,26,27)/p-1. The Morgan fingerprint density at radius 2 is 1.82 bits per heavy atom. The minimum absolute atomic E-state index is 0.0803. The number of halogens is 1. The summed E-state index contributed by atoms with van der Waals surface area (Å²) in [5, 5.41) is 11.4. The summed E-state index contributed by atoms with van der Waals surface area (Å²) in [4.78, 5) is 30.0. The van der Waals surface area contributed by atoms with E-state index in [1.165, 1.54) is 46.5 Å². The van der Waals surface area contributed by atoms with Crippen molar-refractivity contribution in [3.8, 4) is 11.1 Å². The van der Waals surface area contributed by atoms with Crippen LogP contribution in [0.1, 0.15) is 20.8 Å². The predicted octanol–water partition coefficient (Wildman–Crippen LogP) is 2.98. The van der Waals surface area contributed by atoms with E-state index in [0.717, 1.165) is 21.6 Å². The summed E-state index contributed by atoms with van der Waals surface area (Å²) >= 11 is 1.42. The van der Waals surface area contributed by atoms with Crippen molar-refractivity contribution in [3.05, 3.63) is 87.0 Å². The SMILES string of the molecule is Cc1sc2ncn(Cc3ccc(C(=O)[O-])cc3)c(=O)c2c1-c1ccc(F)cc1. The van der Waals surface area contributed by atoms with E-state index in [1.54, 1.807) is 24.3 Å². The first-order valence-corrected chi connectivity index (χ1v) is 9.30. The van der Waals surface area contributed by atoms with Crippen LogP contribution in [0, 0.1) is 12.7 Å². The highest BCUT2D eigenvalue weighted by Gasteiger charge is 2.17. The van der Waals surface area contributed by atoms with Crippen molar-refractivity contribution in [3.63, 3.8) is 0 Å². The van der Waals surface area contributed by atoms with Gasteiger partial charge in [0.2, 0.25) is 0 Å². The number of carboxylic acids is 1. The molecule has 0 spiro atoms. The molecule has 28 heavy (non-hydrogen) atoms. The Hall–Kier alpha value is -3.32. The van der Waals surface area contributed by atoms with Gasteiger partial charge < -0.3 is 9.90 Å². The fraction of sp³-hybridized carbons (Fsp3) is 0.0952. The largest absolute Gasteiger partial charge is 0.545 e. The molecule has 0 saturated heterocycles. The number of nitrogens with zero attached hydrogens (tertiary/aromatic N) is 2. The first-order chi connectivity index (χ1) is 13.4. The van der Waals surface area contributed by atoms with Crippen LogP contribution in [-0.2, 0) is 6.54 Å². The Morgan fingerprint density at radius 3 is 2.46 bits per heavy atom. The lowest BCUT2D eigenvalue weighted by atomic mass is 10.0. The molecule has 2 aromatic heterocycles. The van der Waals surface area contributed by atoms with E-state index >= 15 is 0 Å². The van der Waals surface area contributed by atoms with Crippen LogP contribution in [-0.4, -0.2) is 15.5 Å². The number of rotatable bonds is 4. The molecule has 140 valence electrons. The monoisotopic (exact) mass is 393 g/mol. The second kappa shape index (κ2) is 7.01. The van der Waals surface area contributed by atoms with Gasteiger partial charge in [-0.15, -0.1) is 11.3 Å². The Kier molecular flexibility index (Phi) is 4.52. The highest BCUT2D eigenvalue weighted by atomic mass is 32.1. The smallest absolute Gasteiger partial charge is 0.263 e. The summed E-state index contributed by atoms with van der Waals surface area (Å²) in [6.07, 6.45) is 1.49. The zero-order chi connectivity index (χ0) is 19.8. The van der Waals surface area contributed by atoms with Crippen molar-refractivity contribution in [1.29, 1.82) is 0 Å². The van der Waals surface area contributed by atoms with Crippen LogP contribution in [0.4, 0.5) is 4.39 Å². The number of hydrogen-bond acceptors (Lipinski definition) is 5. The normalized spacial score (nSPS) is 11.1. The van der Waals surface area contributed by atoms with E-state index < -0.39 is 5.97 Å². The van der Waals surface area contributed by atoms with Crippen LogP contribution in [0.15, 0.2) is 59.7 Å². The van der Waals surface area contributed by atoms with Gasteiger partial charge in [-0.2, -0.15) is 0 Å². The highest BCUT2D eigenvalue weighted by molar-refractivity contribution is 7.19. The second-order valence-electron chi connectivity index (χ2n) is 6.38. The number of carboxylic acid groups (broad SMARTS) is 1. The molecule has 0 radical (unpaired) electrons. The van der Waals surface area contributed by atoms with Crippen molar-refractivity contribution < 1.29 is 14.3 Å². The molecule has 0 amide bonds. The summed E-state index contributed by atoms with van der Waals surface area (Å²) < 4.78 is 14.8. The molecular weight excluding hydrogens is 379 g/mol. The van der Waals surface area contributed by atoms with Crippen LogP contribution >= 0.6 is 11.3 Å². The number of fused-ring (bicyclic) bond motifs is 1. The van der Waals surface area contributed by atoms with E-state index in [2.05, 4.69) is 4.98 Å². The number of benzene rings is 2. The molecule has 0 aliphatic heterocycles. The molecule has 0 aliphatic rings. The van der Waals surface area contributed by atoms with Crippen molar-refractivity contribution >= 4 is 27.5 Å². The molecule has 0 aliphatic carbocycles. The molecule has 0 saturated carbocycles. The fourth-order valence-electron chi connectivity index (χ4n) is 3.16. The van der Waals surface area contributed by atoms with E-state index in [-0.39, 0.29) is 23.5 Å². The molecule has 4 rings (SSSR count). The van der Waals surface area contributed by atoms with Gasteiger partial charge in [0.25, 0.3) is 5.56 Å². The van der Waals surface area contributed by atoms with Crippen LogP contribution in [0.2, 0.25) is 0 Å². The van der Waals surface area contributed by atoms with Crippen LogP contribution in [0.5, 0.6) is 0 Å². The maximum atomic E-state index is 13.3. The molecular formula is C21H14FN2O3S-. The molecule has 7 heteroatoms. The number of carbonyl (C=O) groups is 1. The van der Waals surface area contributed by atoms with Gasteiger partial charge >= 0.3 is 0 Å². The van der Waals surface area contributed by atoms with Gasteiger partial charge in [-0.25, -0.2) is 9.37 Å². The lowest BCUT2D eigenvalue weighted by molar-refractivity contribution is -0.255. The molecule has 5 nitrogen and oxygen atoms in total. The van der Waals surface area contributed by atoms with Gasteiger partial charge in [0.1, 0.15) is 10.6 Å². The number of aromatic carboxylic acids is 1. The maximum absolute atomic E-state index is 13.3. The van der Waals surface area contributed by atoms with Crippen molar-refractivity contribution in [2.24, 2.45) is 0 Å². The summed E-state index contributed by atoms with van der Waals surface area (Å²) in [6, 6.07) is 12.2. The zero-order valence-electron chi connectivity index (χ0n) is 14.8. The molecule has 0 unspecified atom stereocenters.